The van der Waals surface area contributed by atoms with Crippen molar-refractivity contribution in [3.05, 3.63) is 60.8 Å². The Bertz CT molecular complexity index is 861. The van der Waals surface area contributed by atoms with Gasteiger partial charge in [0.15, 0.2) is 5.82 Å². The third-order valence-electron chi connectivity index (χ3n) is 4.68. The van der Waals surface area contributed by atoms with Gasteiger partial charge < -0.3 is 10.4 Å². The Morgan fingerprint density at radius 1 is 1.23 bits per heavy atom. The lowest BCUT2D eigenvalue weighted by molar-refractivity contribution is 0.0872. The Hall–Kier alpha value is -3.00. The van der Waals surface area contributed by atoms with Crippen molar-refractivity contribution in [1.82, 2.24) is 29.9 Å². The molecule has 0 spiro atoms. The SMILES string of the molecule is O=C(N[C@@H]1CC(Cn2cccn2)C[C@H]1O)c1cnn(-c2ccccn2)c1. The van der Waals surface area contributed by atoms with Crippen molar-refractivity contribution in [3.63, 3.8) is 0 Å². The summed E-state index contributed by atoms with van der Waals surface area (Å²) in [6.07, 6.45) is 9.29. The van der Waals surface area contributed by atoms with E-state index in [1.54, 1.807) is 23.3 Å². The molecule has 1 aliphatic carbocycles. The average Bonchev–Trinajstić information content (AvgIpc) is 3.38. The fourth-order valence-corrected chi connectivity index (χ4v) is 3.40. The zero-order valence-electron chi connectivity index (χ0n) is 14.1. The molecule has 4 rings (SSSR count). The molecular formula is C18H20N6O2. The predicted molar refractivity (Wildman–Crippen MR) is 93.6 cm³/mol. The summed E-state index contributed by atoms with van der Waals surface area (Å²) in [5, 5.41) is 21.6. The summed E-state index contributed by atoms with van der Waals surface area (Å²) in [5.41, 5.74) is 0.443. The minimum Gasteiger partial charge on any atom is -0.391 e. The standard InChI is InChI=1S/C18H20N6O2/c25-16-9-13(11-23-7-3-6-20-23)8-15(16)22-18(26)14-10-21-24(12-14)17-4-1-2-5-19-17/h1-7,10,12-13,15-16,25H,8-9,11H2,(H,22,26)/t13?,15-,16-/m1/s1. The van der Waals surface area contributed by atoms with Crippen LogP contribution < -0.4 is 5.32 Å². The van der Waals surface area contributed by atoms with Gasteiger partial charge in [-0.05, 0) is 37.0 Å². The molecule has 1 amide bonds. The molecule has 0 aliphatic heterocycles. The quantitative estimate of drug-likeness (QED) is 0.715. The topological polar surface area (TPSA) is 97.9 Å². The fraction of sp³-hybridized carbons (Fsp3) is 0.333. The van der Waals surface area contributed by atoms with Crippen LogP contribution in [0, 0.1) is 5.92 Å². The summed E-state index contributed by atoms with van der Waals surface area (Å²) < 4.78 is 3.42. The Balaban J connectivity index is 1.38. The van der Waals surface area contributed by atoms with E-state index in [1.807, 2.05) is 35.1 Å². The van der Waals surface area contributed by atoms with Crippen LogP contribution in [0.1, 0.15) is 23.2 Å². The number of carbonyl (C=O) groups is 1. The van der Waals surface area contributed by atoms with Gasteiger partial charge in [-0.25, -0.2) is 9.67 Å². The van der Waals surface area contributed by atoms with Crippen molar-refractivity contribution in [2.24, 2.45) is 5.92 Å². The highest BCUT2D eigenvalue weighted by atomic mass is 16.3. The van der Waals surface area contributed by atoms with Gasteiger partial charge in [0, 0.05) is 31.3 Å². The van der Waals surface area contributed by atoms with Gasteiger partial charge in [-0.3, -0.25) is 9.48 Å². The third kappa shape index (κ3) is 3.50. The molecule has 3 aromatic heterocycles. The first-order chi connectivity index (χ1) is 12.7. The molecular weight excluding hydrogens is 332 g/mol. The highest BCUT2D eigenvalue weighted by Gasteiger charge is 2.34. The predicted octanol–water partition coefficient (Wildman–Crippen LogP) is 1.03. The zero-order valence-corrected chi connectivity index (χ0v) is 14.1. The van der Waals surface area contributed by atoms with Crippen molar-refractivity contribution < 1.29 is 9.90 Å². The summed E-state index contributed by atoms with van der Waals surface area (Å²) >= 11 is 0. The van der Waals surface area contributed by atoms with E-state index < -0.39 is 6.10 Å². The highest BCUT2D eigenvalue weighted by molar-refractivity contribution is 5.94. The summed E-state index contributed by atoms with van der Waals surface area (Å²) in [6, 6.07) is 7.11. The summed E-state index contributed by atoms with van der Waals surface area (Å²) in [7, 11) is 0. The molecule has 0 aromatic carbocycles. The summed E-state index contributed by atoms with van der Waals surface area (Å²) in [5.74, 6) is 0.689. The molecule has 3 atom stereocenters. The van der Waals surface area contributed by atoms with Crippen LogP contribution in [0.2, 0.25) is 0 Å². The first-order valence-corrected chi connectivity index (χ1v) is 8.61. The zero-order chi connectivity index (χ0) is 17.9. The van der Waals surface area contributed by atoms with Crippen molar-refractivity contribution in [2.45, 2.75) is 31.5 Å². The second-order valence-corrected chi connectivity index (χ2v) is 6.57. The van der Waals surface area contributed by atoms with Gasteiger partial charge in [0.2, 0.25) is 0 Å². The maximum Gasteiger partial charge on any atom is 0.254 e. The molecule has 1 fully saturated rings. The van der Waals surface area contributed by atoms with E-state index in [9.17, 15) is 9.90 Å². The molecule has 8 nitrogen and oxygen atoms in total. The van der Waals surface area contributed by atoms with E-state index in [1.165, 1.54) is 6.20 Å². The maximum atomic E-state index is 12.5. The van der Waals surface area contributed by atoms with Gasteiger partial charge >= 0.3 is 0 Å². The van der Waals surface area contributed by atoms with Crippen molar-refractivity contribution >= 4 is 5.91 Å². The van der Waals surface area contributed by atoms with Gasteiger partial charge in [0.25, 0.3) is 5.91 Å². The lowest BCUT2D eigenvalue weighted by Gasteiger charge is -2.15. The molecule has 26 heavy (non-hydrogen) atoms. The van der Waals surface area contributed by atoms with E-state index in [-0.39, 0.29) is 17.9 Å². The largest absolute Gasteiger partial charge is 0.391 e. The number of carbonyl (C=O) groups excluding carboxylic acids is 1. The maximum absolute atomic E-state index is 12.5. The lowest BCUT2D eigenvalue weighted by Crippen LogP contribution is -2.39. The summed E-state index contributed by atoms with van der Waals surface area (Å²) in [4.78, 5) is 16.7. The molecule has 3 heterocycles. The minimum absolute atomic E-state index is 0.240. The normalized spacial score (nSPS) is 22.4. The number of hydrogen-bond acceptors (Lipinski definition) is 5. The molecule has 8 heteroatoms. The molecule has 134 valence electrons. The molecule has 1 aliphatic rings. The molecule has 0 saturated heterocycles. The Kier molecular flexibility index (Phi) is 4.49. The van der Waals surface area contributed by atoms with Crippen molar-refractivity contribution in [3.8, 4) is 5.82 Å². The molecule has 1 saturated carbocycles. The molecule has 2 N–H and O–H groups in total. The van der Waals surface area contributed by atoms with Crippen LogP contribution in [0.15, 0.2) is 55.2 Å². The third-order valence-corrected chi connectivity index (χ3v) is 4.68. The second-order valence-electron chi connectivity index (χ2n) is 6.57. The second kappa shape index (κ2) is 7.09. The Labute approximate surface area is 150 Å². The van der Waals surface area contributed by atoms with Gasteiger partial charge in [0.1, 0.15) is 0 Å². The van der Waals surface area contributed by atoms with Crippen LogP contribution in [0.25, 0.3) is 5.82 Å². The Morgan fingerprint density at radius 2 is 2.15 bits per heavy atom. The number of rotatable bonds is 5. The number of nitrogens with one attached hydrogen (secondary N) is 1. The fourth-order valence-electron chi connectivity index (χ4n) is 3.40. The van der Waals surface area contributed by atoms with Crippen molar-refractivity contribution in [2.75, 3.05) is 0 Å². The van der Waals surface area contributed by atoms with Crippen LogP contribution in [0.5, 0.6) is 0 Å². The molecule has 1 unspecified atom stereocenters. The van der Waals surface area contributed by atoms with Crippen molar-refractivity contribution in [1.29, 1.82) is 0 Å². The number of aliphatic hydroxyl groups is 1. The van der Waals surface area contributed by atoms with E-state index >= 15 is 0 Å². The summed E-state index contributed by atoms with van der Waals surface area (Å²) in [6.45, 7) is 0.744. The van der Waals surface area contributed by atoms with E-state index in [2.05, 4.69) is 20.5 Å². The lowest BCUT2D eigenvalue weighted by atomic mass is 10.1. The van der Waals surface area contributed by atoms with Crippen LogP contribution in [0.3, 0.4) is 0 Å². The first kappa shape index (κ1) is 16.5. The number of nitrogens with zero attached hydrogens (tertiary/aromatic N) is 5. The number of hydrogen-bond donors (Lipinski definition) is 2. The van der Waals surface area contributed by atoms with E-state index in [0.717, 1.165) is 13.0 Å². The molecule has 3 aromatic rings. The average molecular weight is 352 g/mol. The van der Waals surface area contributed by atoms with Crippen LogP contribution in [-0.2, 0) is 6.54 Å². The number of amides is 1. The van der Waals surface area contributed by atoms with Gasteiger partial charge in [-0.2, -0.15) is 10.2 Å². The smallest absolute Gasteiger partial charge is 0.254 e. The molecule has 0 radical (unpaired) electrons. The van der Waals surface area contributed by atoms with E-state index in [4.69, 9.17) is 0 Å². The van der Waals surface area contributed by atoms with Crippen LogP contribution >= 0.6 is 0 Å². The van der Waals surface area contributed by atoms with Gasteiger partial charge in [0.05, 0.1) is 23.9 Å². The Morgan fingerprint density at radius 3 is 2.92 bits per heavy atom. The van der Waals surface area contributed by atoms with Crippen LogP contribution in [0.4, 0.5) is 0 Å². The number of aromatic nitrogens is 5. The van der Waals surface area contributed by atoms with Crippen LogP contribution in [-0.4, -0.2) is 47.7 Å². The van der Waals surface area contributed by atoms with Gasteiger partial charge in [-0.15, -0.1) is 0 Å². The molecule has 0 bridgehead atoms. The number of aliphatic hydroxyl groups excluding tert-OH is 1. The monoisotopic (exact) mass is 352 g/mol. The van der Waals surface area contributed by atoms with Gasteiger partial charge in [-0.1, -0.05) is 6.07 Å². The van der Waals surface area contributed by atoms with E-state index in [0.29, 0.717) is 17.8 Å². The minimum atomic E-state index is -0.551. The highest BCUT2D eigenvalue weighted by Crippen LogP contribution is 2.27. The first-order valence-electron chi connectivity index (χ1n) is 8.61. The number of pyridine rings is 1.